The first-order valence-electron chi connectivity index (χ1n) is 8.67. The number of carbonyl (C=O) groups is 1. The highest BCUT2D eigenvalue weighted by atomic mass is 16.1. The van der Waals surface area contributed by atoms with Gasteiger partial charge in [-0.05, 0) is 30.7 Å². The number of fused-ring (bicyclic) bond motifs is 3. The van der Waals surface area contributed by atoms with E-state index >= 15 is 0 Å². The molecule has 1 atom stereocenters. The van der Waals surface area contributed by atoms with Gasteiger partial charge in [0.1, 0.15) is 5.82 Å². The molecule has 1 aliphatic heterocycles. The van der Waals surface area contributed by atoms with Gasteiger partial charge in [0, 0.05) is 31.7 Å². The van der Waals surface area contributed by atoms with E-state index < -0.39 is 0 Å². The molecule has 5 nitrogen and oxygen atoms in total. The molecule has 0 fully saturated rings. The minimum Gasteiger partial charge on any atom is -0.326 e. The van der Waals surface area contributed by atoms with E-state index in [1.165, 1.54) is 12.5 Å². The molecule has 2 aromatic carbocycles. The van der Waals surface area contributed by atoms with E-state index in [9.17, 15) is 4.79 Å². The quantitative estimate of drug-likeness (QED) is 0.796. The normalized spacial score (nSPS) is 15.8. The second-order valence-corrected chi connectivity index (χ2v) is 6.62. The van der Waals surface area contributed by atoms with Crippen LogP contribution in [-0.4, -0.2) is 26.9 Å². The molecule has 5 heteroatoms. The smallest absolute Gasteiger partial charge is 0.221 e. The molecule has 0 spiro atoms. The van der Waals surface area contributed by atoms with Crippen LogP contribution < -0.4 is 5.32 Å². The van der Waals surface area contributed by atoms with Crippen LogP contribution in [0.5, 0.6) is 0 Å². The average Bonchev–Trinajstić information content (AvgIpc) is 2.98. The lowest BCUT2D eigenvalue weighted by Gasteiger charge is -2.33. The number of aromatic nitrogens is 2. The standard InChI is InChI=1S/C20H22N4O/c1-14(16-6-4-3-5-7-16)23-10-11-24-19-9-8-17(21-15(2)25)12-18(19)22-20(24)13-23/h3-9,12,14H,10-11,13H2,1-2H3,(H,21,25)/t14-/m1/s1. The van der Waals surface area contributed by atoms with Gasteiger partial charge in [-0.2, -0.15) is 0 Å². The van der Waals surface area contributed by atoms with Crippen LogP contribution in [0.1, 0.15) is 31.3 Å². The van der Waals surface area contributed by atoms with Gasteiger partial charge in [-0.1, -0.05) is 30.3 Å². The van der Waals surface area contributed by atoms with E-state index in [1.54, 1.807) is 0 Å². The Morgan fingerprint density at radius 1 is 1.16 bits per heavy atom. The van der Waals surface area contributed by atoms with Crippen molar-refractivity contribution in [1.82, 2.24) is 14.5 Å². The van der Waals surface area contributed by atoms with Crippen molar-refractivity contribution in [2.75, 3.05) is 11.9 Å². The van der Waals surface area contributed by atoms with Gasteiger partial charge < -0.3 is 9.88 Å². The molecule has 3 aromatic rings. The Kier molecular flexibility index (Phi) is 4.01. The number of nitrogens with one attached hydrogen (secondary N) is 1. The molecule has 0 aliphatic carbocycles. The zero-order chi connectivity index (χ0) is 17.4. The van der Waals surface area contributed by atoms with Crippen LogP contribution in [0.2, 0.25) is 0 Å². The summed E-state index contributed by atoms with van der Waals surface area (Å²) in [5, 5.41) is 2.83. The van der Waals surface area contributed by atoms with E-state index in [1.807, 2.05) is 18.2 Å². The number of imidazole rings is 1. The fourth-order valence-corrected chi connectivity index (χ4v) is 3.59. The highest BCUT2D eigenvalue weighted by Gasteiger charge is 2.24. The number of hydrogen-bond acceptors (Lipinski definition) is 3. The van der Waals surface area contributed by atoms with Gasteiger partial charge in [-0.15, -0.1) is 0 Å². The third-order valence-electron chi connectivity index (χ3n) is 4.93. The summed E-state index contributed by atoms with van der Waals surface area (Å²) in [6, 6.07) is 16.9. The monoisotopic (exact) mass is 334 g/mol. The fourth-order valence-electron chi connectivity index (χ4n) is 3.59. The van der Waals surface area contributed by atoms with Crippen molar-refractivity contribution >= 4 is 22.6 Å². The molecule has 1 N–H and O–H groups in total. The molecule has 0 saturated carbocycles. The van der Waals surface area contributed by atoms with Crippen molar-refractivity contribution in [1.29, 1.82) is 0 Å². The van der Waals surface area contributed by atoms with Gasteiger partial charge in [0.05, 0.1) is 17.6 Å². The molecular formula is C20H22N4O. The number of hydrogen-bond donors (Lipinski definition) is 1. The summed E-state index contributed by atoms with van der Waals surface area (Å²) in [6.45, 7) is 6.54. The molecule has 25 heavy (non-hydrogen) atoms. The third kappa shape index (κ3) is 3.03. The van der Waals surface area contributed by atoms with Crippen molar-refractivity contribution in [3.63, 3.8) is 0 Å². The number of benzene rings is 2. The van der Waals surface area contributed by atoms with Gasteiger partial charge >= 0.3 is 0 Å². The van der Waals surface area contributed by atoms with Crippen LogP contribution in [0.15, 0.2) is 48.5 Å². The lowest BCUT2D eigenvalue weighted by atomic mass is 10.1. The fraction of sp³-hybridized carbons (Fsp3) is 0.300. The second kappa shape index (κ2) is 6.33. The van der Waals surface area contributed by atoms with Crippen LogP contribution in [-0.2, 0) is 17.9 Å². The van der Waals surface area contributed by atoms with Crippen molar-refractivity contribution in [2.45, 2.75) is 33.0 Å². The molecule has 1 aromatic heterocycles. The number of amides is 1. The predicted molar refractivity (Wildman–Crippen MR) is 99.3 cm³/mol. The SMILES string of the molecule is CC(=O)Nc1ccc2c(c1)nc1n2CCN([C@H](C)c2ccccc2)C1. The van der Waals surface area contributed by atoms with Gasteiger partial charge in [0.2, 0.25) is 5.91 Å². The van der Waals surface area contributed by atoms with E-state index in [2.05, 4.69) is 52.0 Å². The Labute approximate surface area is 147 Å². The minimum absolute atomic E-state index is 0.0637. The van der Waals surface area contributed by atoms with Crippen LogP contribution in [0.3, 0.4) is 0 Å². The summed E-state index contributed by atoms with van der Waals surface area (Å²) >= 11 is 0. The molecule has 1 aliphatic rings. The average molecular weight is 334 g/mol. The highest BCUT2D eigenvalue weighted by Crippen LogP contribution is 2.28. The van der Waals surface area contributed by atoms with Crippen LogP contribution in [0, 0.1) is 0 Å². The Hall–Kier alpha value is -2.66. The zero-order valence-corrected chi connectivity index (χ0v) is 14.6. The first-order valence-corrected chi connectivity index (χ1v) is 8.67. The molecule has 0 unspecified atom stereocenters. The van der Waals surface area contributed by atoms with Gasteiger partial charge in [0.25, 0.3) is 0 Å². The van der Waals surface area contributed by atoms with E-state index in [4.69, 9.17) is 4.98 Å². The van der Waals surface area contributed by atoms with Gasteiger partial charge in [-0.3, -0.25) is 9.69 Å². The van der Waals surface area contributed by atoms with Crippen molar-refractivity contribution in [3.8, 4) is 0 Å². The first-order chi connectivity index (χ1) is 12.1. The van der Waals surface area contributed by atoms with Crippen LogP contribution in [0.4, 0.5) is 5.69 Å². The topological polar surface area (TPSA) is 50.2 Å². The summed E-state index contributed by atoms with van der Waals surface area (Å²) < 4.78 is 2.29. The molecule has 1 amide bonds. The number of rotatable bonds is 3. The molecule has 128 valence electrons. The Bertz CT molecular complexity index is 916. The minimum atomic E-state index is -0.0637. The van der Waals surface area contributed by atoms with Crippen LogP contribution in [0.25, 0.3) is 11.0 Å². The molecule has 2 heterocycles. The molecule has 0 bridgehead atoms. The number of carbonyl (C=O) groups excluding carboxylic acids is 1. The first kappa shape index (κ1) is 15.8. The van der Waals surface area contributed by atoms with Gasteiger partial charge in [0.15, 0.2) is 0 Å². The third-order valence-corrected chi connectivity index (χ3v) is 4.93. The lowest BCUT2D eigenvalue weighted by Crippen LogP contribution is -2.35. The summed E-state index contributed by atoms with van der Waals surface area (Å²) in [6.07, 6.45) is 0. The van der Waals surface area contributed by atoms with E-state index in [0.29, 0.717) is 6.04 Å². The maximum absolute atomic E-state index is 11.3. The summed E-state index contributed by atoms with van der Waals surface area (Å²) in [5.74, 6) is 1.02. The maximum Gasteiger partial charge on any atom is 0.221 e. The van der Waals surface area contributed by atoms with Crippen LogP contribution >= 0.6 is 0 Å². The van der Waals surface area contributed by atoms with Crippen molar-refractivity contribution < 1.29 is 4.79 Å². The summed E-state index contributed by atoms with van der Waals surface area (Å²) in [4.78, 5) is 18.5. The highest BCUT2D eigenvalue weighted by molar-refractivity contribution is 5.91. The predicted octanol–water partition coefficient (Wildman–Crippen LogP) is 3.57. The molecule has 0 radical (unpaired) electrons. The number of anilines is 1. The maximum atomic E-state index is 11.3. The van der Waals surface area contributed by atoms with E-state index in [0.717, 1.165) is 42.2 Å². The molecule has 4 rings (SSSR count). The Morgan fingerprint density at radius 2 is 1.96 bits per heavy atom. The molecule has 0 saturated heterocycles. The number of nitrogens with zero attached hydrogens (tertiary/aromatic N) is 3. The second-order valence-electron chi connectivity index (χ2n) is 6.62. The zero-order valence-electron chi connectivity index (χ0n) is 14.6. The lowest BCUT2D eigenvalue weighted by molar-refractivity contribution is -0.114. The van der Waals surface area contributed by atoms with Crippen molar-refractivity contribution in [2.24, 2.45) is 0 Å². The summed E-state index contributed by atoms with van der Waals surface area (Å²) in [7, 11) is 0. The molecular weight excluding hydrogens is 312 g/mol. The largest absolute Gasteiger partial charge is 0.326 e. The Balaban J connectivity index is 1.61. The van der Waals surface area contributed by atoms with Crippen molar-refractivity contribution in [3.05, 3.63) is 59.9 Å². The summed E-state index contributed by atoms with van der Waals surface area (Å²) in [5.41, 5.74) is 4.21. The van der Waals surface area contributed by atoms with Gasteiger partial charge in [-0.25, -0.2) is 4.98 Å². The van der Waals surface area contributed by atoms with E-state index in [-0.39, 0.29) is 5.91 Å². The Morgan fingerprint density at radius 3 is 2.72 bits per heavy atom.